The molecular formula is C54H58N6O8S. The average molecular weight is 951 g/mol. The highest BCUT2D eigenvalue weighted by molar-refractivity contribution is 7.13. The summed E-state index contributed by atoms with van der Waals surface area (Å²) in [7, 11) is 1.58. The van der Waals surface area contributed by atoms with Gasteiger partial charge in [0.1, 0.15) is 18.7 Å². The van der Waals surface area contributed by atoms with E-state index in [1.165, 1.54) is 11.8 Å². The molecule has 4 aromatic carbocycles. The Hall–Kier alpha value is -6.94. The highest BCUT2D eigenvalue weighted by Crippen LogP contribution is 2.42. The van der Waals surface area contributed by atoms with E-state index in [2.05, 4.69) is 20.9 Å². The molecule has 0 radical (unpaired) electrons. The summed E-state index contributed by atoms with van der Waals surface area (Å²) in [6.07, 6.45) is -0.332. The molecule has 0 unspecified atom stereocenters. The van der Waals surface area contributed by atoms with Crippen molar-refractivity contribution in [1.29, 1.82) is 0 Å². The maximum absolute atomic E-state index is 14.2. The largest absolute Gasteiger partial charge is 0.493 e. The Morgan fingerprint density at radius 2 is 1.62 bits per heavy atom. The van der Waals surface area contributed by atoms with Gasteiger partial charge in [0, 0.05) is 37.6 Å². The Morgan fingerprint density at radius 1 is 0.884 bits per heavy atom. The number of nitrogens with zero attached hydrogens (tertiary/aromatic N) is 3. The average Bonchev–Trinajstić information content (AvgIpc) is 3.92. The molecule has 2 aromatic heterocycles. The second kappa shape index (κ2) is 21.1. The van der Waals surface area contributed by atoms with Gasteiger partial charge < -0.3 is 40.2 Å². The fourth-order valence-corrected chi connectivity index (χ4v) is 9.78. The van der Waals surface area contributed by atoms with Gasteiger partial charge in [-0.2, -0.15) is 0 Å². The van der Waals surface area contributed by atoms with E-state index in [-0.39, 0.29) is 51.0 Å². The van der Waals surface area contributed by atoms with E-state index in [0.717, 1.165) is 60.9 Å². The number of aromatic nitrogens is 2. The number of ether oxygens (including phenoxy) is 3. The molecule has 2 aliphatic rings. The maximum atomic E-state index is 14.2. The second-order valence-corrected chi connectivity index (χ2v) is 19.3. The molecule has 4 atom stereocenters. The van der Waals surface area contributed by atoms with Crippen LogP contribution in [0.3, 0.4) is 0 Å². The number of anilines is 1. The predicted octanol–water partition coefficient (Wildman–Crippen LogP) is 8.17. The lowest BCUT2D eigenvalue weighted by molar-refractivity contribution is -0.144. The van der Waals surface area contributed by atoms with Crippen LogP contribution in [0.5, 0.6) is 11.5 Å². The number of likely N-dealkylation sites (tertiary alicyclic amines) is 1. The van der Waals surface area contributed by atoms with Gasteiger partial charge in [-0.3, -0.25) is 19.2 Å². The molecule has 8 rings (SSSR count). The third-order valence-corrected chi connectivity index (χ3v) is 13.4. The van der Waals surface area contributed by atoms with Crippen molar-refractivity contribution >= 4 is 40.7 Å². The smallest absolute Gasteiger partial charge is 0.246 e. The van der Waals surface area contributed by atoms with Crippen LogP contribution in [0.1, 0.15) is 63.4 Å². The number of β-amino-alcohol motifs (C(OH)–C–C–N with tert-alkyl or cyclic N) is 1. The van der Waals surface area contributed by atoms with Crippen LogP contribution < -0.4 is 25.4 Å². The Kier molecular flexibility index (Phi) is 14.9. The number of pyridine rings is 1. The van der Waals surface area contributed by atoms with E-state index >= 15 is 0 Å². The third kappa shape index (κ3) is 11.2. The zero-order chi connectivity index (χ0) is 48.8. The summed E-state index contributed by atoms with van der Waals surface area (Å²) >= 11 is 1.56. The van der Waals surface area contributed by atoms with E-state index in [1.54, 1.807) is 18.4 Å². The zero-order valence-corrected chi connectivity index (χ0v) is 40.5. The van der Waals surface area contributed by atoms with Crippen LogP contribution >= 0.6 is 11.3 Å². The number of aliphatic hydroxyl groups excluding tert-OH is 1. The molecule has 0 bridgehead atoms. The Labute approximate surface area is 406 Å². The minimum Gasteiger partial charge on any atom is -0.493 e. The lowest BCUT2D eigenvalue weighted by Gasteiger charge is -2.35. The Balaban J connectivity index is 0.987. The summed E-state index contributed by atoms with van der Waals surface area (Å²) in [5.41, 5.74) is 10.4. The summed E-state index contributed by atoms with van der Waals surface area (Å²) in [5.74, 6) is -0.308. The van der Waals surface area contributed by atoms with Gasteiger partial charge in [0.2, 0.25) is 23.6 Å². The number of para-hydroxylation sites is 1. The van der Waals surface area contributed by atoms with Crippen LogP contribution in [-0.4, -0.2) is 95.3 Å². The number of aryl methyl sites for hydroxylation is 1. The summed E-state index contributed by atoms with van der Waals surface area (Å²) in [6, 6.07) is 30.9. The van der Waals surface area contributed by atoms with Crippen molar-refractivity contribution in [3.05, 3.63) is 125 Å². The lowest BCUT2D eigenvalue weighted by Crippen LogP contribution is -2.57. The van der Waals surface area contributed by atoms with Gasteiger partial charge in [-0.05, 0) is 70.8 Å². The number of aliphatic hydroxyl groups is 1. The second-order valence-electron chi connectivity index (χ2n) is 18.5. The molecule has 2 aliphatic heterocycles. The predicted molar refractivity (Wildman–Crippen MR) is 267 cm³/mol. The molecular weight excluding hydrogens is 893 g/mol. The standard InChI is InChI=1S/C54H58N6O8S/c1-32-50(69-31-55-32)36-18-16-35(17-19-36)42(59-52(64)45-27-38(62)30-60(45)53(65)51(54(3,4)5)56-33(2)61)22-23-67-24-25-68-47-26-37(20-21-46(47)66-6)40-28-44(34-12-8-7-9-13-34)58-49-39-14-10-11-15-43(39)57-48(63)29-41(40)49/h7-21,26,28,31,38,42,45,51,62H,22-25,27,29-30H2,1-6H3,(H,56,61)(H,57,63)(H,59,64)/t38-,42+,45+,51-/m1/s1. The SMILES string of the molecule is COc1ccc(-c2cc(-c3ccccc3)nc3c2CC(=O)Nc2ccccc2-3)cc1OCCOCC[C@H](NC(=O)[C@@H]1C[C@@H](O)CN1C(=O)[C@@H](NC(C)=O)C(C)(C)C)c1ccc(-c2scnc2C)cc1. The number of carbonyl (C=O) groups is 4. The van der Waals surface area contributed by atoms with Crippen molar-refractivity contribution in [2.24, 2.45) is 5.41 Å². The first kappa shape index (κ1) is 48.5. The fourth-order valence-electron chi connectivity index (χ4n) is 8.97. The fraction of sp³-hybridized carbons (Fsp3) is 0.333. The van der Waals surface area contributed by atoms with E-state index < -0.39 is 41.5 Å². The highest BCUT2D eigenvalue weighted by Gasteiger charge is 2.44. The van der Waals surface area contributed by atoms with Gasteiger partial charge in [0.25, 0.3) is 0 Å². The van der Waals surface area contributed by atoms with Crippen molar-refractivity contribution in [1.82, 2.24) is 25.5 Å². The van der Waals surface area contributed by atoms with Crippen LogP contribution in [0.4, 0.5) is 5.69 Å². The number of thiazole rings is 1. The number of rotatable bonds is 16. The minimum atomic E-state index is -0.951. The first-order valence-corrected chi connectivity index (χ1v) is 24.0. The van der Waals surface area contributed by atoms with Gasteiger partial charge in [-0.15, -0.1) is 11.3 Å². The van der Waals surface area contributed by atoms with Gasteiger partial charge >= 0.3 is 0 Å². The van der Waals surface area contributed by atoms with Crippen molar-refractivity contribution in [2.45, 2.75) is 78.1 Å². The topological polar surface area (TPSA) is 181 Å². The van der Waals surface area contributed by atoms with Gasteiger partial charge in [-0.1, -0.05) is 99.6 Å². The Bertz CT molecular complexity index is 2830. The van der Waals surface area contributed by atoms with Crippen LogP contribution in [0.2, 0.25) is 0 Å². The van der Waals surface area contributed by atoms with E-state index in [1.807, 2.05) is 136 Å². The molecule has 4 amide bonds. The first-order chi connectivity index (χ1) is 33.2. The molecule has 4 N–H and O–H groups in total. The molecule has 1 fully saturated rings. The zero-order valence-electron chi connectivity index (χ0n) is 39.7. The molecule has 358 valence electrons. The van der Waals surface area contributed by atoms with Crippen LogP contribution in [0.25, 0.3) is 44.1 Å². The van der Waals surface area contributed by atoms with E-state index in [0.29, 0.717) is 23.6 Å². The van der Waals surface area contributed by atoms with Crippen LogP contribution in [0, 0.1) is 12.3 Å². The number of hydrogen-bond acceptors (Lipinski definition) is 11. The van der Waals surface area contributed by atoms with E-state index in [9.17, 15) is 24.3 Å². The first-order valence-electron chi connectivity index (χ1n) is 23.1. The number of fused-ring (bicyclic) bond motifs is 3. The summed E-state index contributed by atoms with van der Waals surface area (Å²) in [6.45, 7) is 9.47. The van der Waals surface area contributed by atoms with Crippen LogP contribution in [0.15, 0.2) is 109 Å². The van der Waals surface area contributed by atoms with Crippen molar-refractivity contribution in [3.8, 4) is 55.6 Å². The summed E-state index contributed by atoms with van der Waals surface area (Å²) < 4.78 is 18.2. The number of amides is 4. The number of carbonyl (C=O) groups excluding carboxylic acids is 4. The van der Waals surface area contributed by atoms with Crippen LogP contribution in [-0.2, 0) is 30.3 Å². The molecule has 0 aliphatic carbocycles. The molecule has 15 heteroatoms. The number of nitrogens with one attached hydrogen (secondary N) is 3. The molecule has 4 heterocycles. The van der Waals surface area contributed by atoms with Gasteiger partial charge in [0.05, 0.1) is 65.4 Å². The molecule has 69 heavy (non-hydrogen) atoms. The monoisotopic (exact) mass is 950 g/mol. The molecule has 0 saturated carbocycles. The minimum absolute atomic E-state index is 0.0292. The molecule has 0 spiro atoms. The third-order valence-electron chi connectivity index (χ3n) is 12.5. The maximum Gasteiger partial charge on any atom is 0.246 e. The molecule has 14 nitrogen and oxygen atoms in total. The van der Waals surface area contributed by atoms with Gasteiger partial charge in [-0.25, -0.2) is 9.97 Å². The normalized spacial score (nSPS) is 16.3. The highest BCUT2D eigenvalue weighted by atomic mass is 32.1. The summed E-state index contributed by atoms with van der Waals surface area (Å²) in [5, 5.41) is 19.8. The lowest BCUT2D eigenvalue weighted by atomic mass is 9.85. The van der Waals surface area contributed by atoms with Gasteiger partial charge in [0.15, 0.2) is 11.5 Å². The molecule has 6 aromatic rings. The van der Waals surface area contributed by atoms with Crippen molar-refractivity contribution in [2.75, 3.05) is 38.8 Å². The van der Waals surface area contributed by atoms with Crippen molar-refractivity contribution < 1.29 is 38.5 Å². The number of hydrogen-bond donors (Lipinski definition) is 4. The summed E-state index contributed by atoms with van der Waals surface area (Å²) in [4.78, 5) is 65.6. The Morgan fingerprint density at radius 3 is 2.33 bits per heavy atom. The quantitative estimate of drug-likeness (QED) is 0.0691. The number of benzene rings is 4. The molecule has 1 saturated heterocycles. The van der Waals surface area contributed by atoms with Crippen molar-refractivity contribution in [3.63, 3.8) is 0 Å². The number of methoxy groups -OCH3 is 1. The van der Waals surface area contributed by atoms with E-state index in [4.69, 9.17) is 19.2 Å².